The van der Waals surface area contributed by atoms with Crippen LogP contribution in [0.5, 0.6) is 0 Å². The Balaban J connectivity index is 1.64. The number of carbonyl (C=O) groups excluding carboxylic acids is 1. The molecule has 6 unspecified atom stereocenters. The first kappa shape index (κ1) is 14.4. The van der Waals surface area contributed by atoms with Gasteiger partial charge in [-0.1, -0.05) is 20.3 Å². The van der Waals surface area contributed by atoms with Crippen LogP contribution in [0.25, 0.3) is 0 Å². The first-order valence-corrected chi connectivity index (χ1v) is 8.67. The molecule has 114 valence electrons. The Morgan fingerprint density at radius 3 is 2.40 bits per heavy atom. The van der Waals surface area contributed by atoms with E-state index in [0.717, 1.165) is 36.5 Å². The van der Waals surface area contributed by atoms with Crippen molar-refractivity contribution in [2.75, 3.05) is 0 Å². The molecule has 3 saturated carbocycles. The van der Waals surface area contributed by atoms with Gasteiger partial charge in [-0.2, -0.15) is 0 Å². The van der Waals surface area contributed by atoms with E-state index < -0.39 is 0 Å². The second-order valence-corrected chi connectivity index (χ2v) is 8.15. The molecule has 0 N–H and O–H groups in total. The summed E-state index contributed by atoms with van der Waals surface area (Å²) in [7, 11) is 0. The van der Waals surface area contributed by atoms with Gasteiger partial charge in [0, 0.05) is 0 Å². The lowest BCUT2D eigenvalue weighted by Gasteiger charge is -2.33. The molecule has 0 saturated heterocycles. The summed E-state index contributed by atoms with van der Waals surface area (Å²) >= 11 is 0. The minimum Gasteiger partial charge on any atom is -0.462 e. The Kier molecular flexibility index (Phi) is 3.63. The summed E-state index contributed by atoms with van der Waals surface area (Å²) in [5.74, 6) is 4.32. The van der Waals surface area contributed by atoms with Gasteiger partial charge in [-0.05, 0) is 75.5 Å². The van der Waals surface area contributed by atoms with Crippen molar-refractivity contribution < 1.29 is 9.53 Å². The molecule has 3 rings (SSSR count). The number of rotatable bonds is 4. The topological polar surface area (TPSA) is 26.3 Å². The molecule has 3 fully saturated rings. The molecule has 0 aromatic carbocycles. The zero-order valence-electron chi connectivity index (χ0n) is 13.5. The van der Waals surface area contributed by atoms with E-state index in [1.54, 1.807) is 0 Å². The zero-order chi connectivity index (χ0) is 14.5. The maximum Gasteiger partial charge on any atom is 0.311 e. The minimum atomic E-state index is -0.317. The molecule has 0 amide bonds. The van der Waals surface area contributed by atoms with Crippen molar-refractivity contribution in [3.63, 3.8) is 0 Å². The molecule has 3 aliphatic carbocycles. The summed E-state index contributed by atoms with van der Waals surface area (Å²) in [6.07, 6.45) is 7.74. The van der Waals surface area contributed by atoms with Crippen LogP contribution in [-0.4, -0.2) is 12.1 Å². The van der Waals surface area contributed by atoms with Crippen LogP contribution in [0, 0.1) is 35.0 Å². The highest BCUT2D eigenvalue weighted by atomic mass is 16.5. The van der Waals surface area contributed by atoms with E-state index in [1.807, 2.05) is 13.8 Å². The monoisotopic (exact) mass is 278 g/mol. The van der Waals surface area contributed by atoms with Crippen molar-refractivity contribution in [2.24, 2.45) is 35.0 Å². The van der Waals surface area contributed by atoms with Crippen LogP contribution in [0.4, 0.5) is 0 Å². The molecule has 0 aromatic heterocycles. The van der Waals surface area contributed by atoms with Crippen molar-refractivity contribution in [1.29, 1.82) is 0 Å². The normalized spacial score (nSPS) is 42.8. The second kappa shape index (κ2) is 5.03. The Hall–Kier alpha value is -0.530. The van der Waals surface area contributed by atoms with Gasteiger partial charge in [0.05, 0.1) is 5.41 Å². The first-order chi connectivity index (χ1) is 9.46. The molecular formula is C18H30O2. The van der Waals surface area contributed by atoms with E-state index >= 15 is 0 Å². The number of fused-ring (bicyclic) bond motifs is 5. The summed E-state index contributed by atoms with van der Waals surface area (Å²) in [5.41, 5.74) is -0.317. The molecule has 0 spiro atoms. The highest BCUT2D eigenvalue weighted by Crippen LogP contribution is 2.61. The van der Waals surface area contributed by atoms with E-state index in [-0.39, 0.29) is 17.5 Å². The van der Waals surface area contributed by atoms with Crippen molar-refractivity contribution in [1.82, 2.24) is 0 Å². The Labute approximate surface area is 123 Å². The maximum absolute atomic E-state index is 12.3. The van der Waals surface area contributed by atoms with Crippen molar-refractivity contribution in [3.05, 3.63) is 0 Å². The molecule has 3 aliphatic rings. The van der Waals surface area contributed by atoms with Crippen LogP contribution >= 0.6 is 0 Å². The zero-order valence-corrected chi connectivity index (χ0v) is 13.5. The van der Waals surface area contributed by atoms with Crippen LogP contribution in [-0.2, 0) is 9.53 Å². The molecular weight excluding hydrogens is 248 g/mol. The molecule has 2 heteroatoms. The summed E-state index contributed by atoms with van der Waals surface area (Å²) in [5, 5.41) is 0. The fourth-order valence-electron chi connectivity index (χ4n) is 5.03. The quantitative estimate of drug-likeness (QED) is 0.711. The number of esters is 1. The second-order valence-electron chi connectivity index (χ2n) is 8.15. The first-order valence-electron chi connectivity index (χ1n) is 8.67. The minimum absolute atomic E-state index is 0.0270. The molecule has 6 atom stereocenters. The van der Waals surface area contributed by atoms with Crippen LogP contribution in [0.3, 0.4) is 0 Å². The van der Waals surface area contributed by atoms with Gasteiger partial charge in [0.25, 0.3) is 0 Å². The Morgan fingerprint density at radius 2 is 1.75 bits per heavy atom. The lowest BCUT2D eigenvalue weighted by atomic mass is 9.80. The molecule has 0 aromatic rings. The fraction of sp³-hybridized carbons (Fsp3) is 0.944. The van der Waals surface area contributed by atoms with E-state index in [2.05, 4.69) is 13.8 Å². The van der Waals surface area contributed by atoms with E-state index in [0.29, 0.717) is 5.92 Å². The van der Waals surface area contributed by atoms with Gasteiger partial charge in [-0.3, -0.25) is 4.79 Å². The van der Waals surface area contributed by atoms with Crippen LogP contribution in [0.1, 0.15) is 66.2 Å². The van der Waals surface area contributed by atoms with Gasteiger partial charge in [-0.25, -0.2) is 0 Å². The predicted molar refractivity (Wildman–Crippen MR) is 80.2 cm³/mol. The molecule has 0 radical (unpaired) electrons. The van der Waals surface area contributed by atoms with Gasteiger partial charge in [0.2, 0.25) is 0 Å². The van der Waals surface area contributed by atoms with Gasteiger partial charge >= 0.3 is 5.97 Å². The third-order valence-electron chi connectivity index (χ3n) is 6.78. The standard InChI is InChI=1S/C18H30O2/c1-5-11-7-13-12-9-15(14(13)8-11)16(10-12)20-17(19)18(3,4)6-2/h11-16H,5-10H2,1-4H3. The van der Waals surface area contributed by atoms with Gasteiger partial charge in [0.15, 0.2) is 0 Å². The summed E-state index contributed by atoms with van der Waals surface area (Å²) in [6, 6.07) is 0. The highest BCUT2D eigenvalue weighted by Gasteiger charge is 2.57. The summed E-state index contributed by atoms with van der Waals surface area (Å²) in [4.78, 5) is 12.3. The average molecular weight is 278 g/mol. The van der Waals surface area contributed by atoms with Crippen LogP contribution < -0.4 is 0 Å². The number of hydrogen-bond acceptors (Lipinski definition) is 2. The lowest BCUT2D eigenvalue weighted by molar-refractivity contribution is -0.163. The van der Waals surface area contributed by atoms with Crippen molar-refractivity contribution in [3.8, 4) is 0 Å². The SMILES string of the molecule is CCC1CC2C3CC(OC(=O)C(C)(C)CC)C(C3)C2C1. The smallest absolute Gasteiger partial charge is 0.311 e. The van der Waals surface area contributed by atoms with Gasteiger partial charge in [0.1, 0.15) is 6.10 Å². The van der Waals surface area contributed by atoms with E-state index in [9.17, 15) is 4.79 Å². The van der Waals surface area contributed by atoms with Crippen molar-refractivity contribution in [2.45, 2.75) is 72.3 Å². The fourth-order valence-corrected chi connectivity index (χ4v) is 5.03. The third kappa shape index (κ3) is 2.19. The van der Waals surface area contributed by atoms with Crippen LogP contribution in [0.2, 0.25) is 0 Å². The number of hydrogen-bond donors (Lipinski definition) is 0. The molecule has 0 heterocycles. The third-order valence-corrected chi connectivity index (χ3v) is 6.78. The molecule has 2 nitrogen and oxygen atoms in total. The maximum atomic E-state index is 12.3. The highest BCUT2D eigenvalue weighted by molar-refractivity contribution is 5.76. The Morgan fingerprint density at radius 1 is 1.05 bits per heavy atom. The average Bonchev–Trinajstić information content (AvgIpc) is 3.08. The number of carbonyl (C=O) groups is 1. The predicted octanol–water partition coefficient (Wildman–Crippen LogP) is 4.43. The largest absolute Gasteiger partial charge is 0.462 e. The van der Waals surface area contributed by atoms with Gasteiger partial charge < -0.3 is 4.74 Å². The summed E-state index contributed by atoms with van der Waals surface area (Å²) < 4.78 is 5.94. The van der Waals surface area contributed by atoms with Crippen LogP contribution in [0.15, 0.2) is 0 Å². The summed E-state index contributed by atoms with van der Waals surface area (Å²) in [6.45, 7) is 8.41. The number of ether oxygens (including phenoxy) is 1. The van der Waals surface area contributed by atoms with Crippen molar-refractivity contribution >= 4 is 5.97 Å². The molecule has 0 aliphatic heterocycles. The lowest BCUT2D eigenvalue weighted by Crippen LogP contribution is -2.36. The van der Waals surface area contributed by atoms with E-state index in [1.165, 1.54) is 25.7 Å². The van der Waals surface area contributed by atoms with E-state index in [4.69, 9.17) is 4.74 Å². The molecule has 2 bridgehead atoms. The molecule has 20 heavy (non-hydrogen) atoms. The Bertz CT molecular complexity index is 387. The van der Waals surface area contributed by atoms with Gasteiger partial charge in [-0.15, -0.1) is 0 Å².